The van der Waals surface area contributed by atoms with Crippen molar-refractivity contribution in [2.45, 2.75) is 19.4 Å². The molecule has 25 heavy (non-hydrogen) atoms. The van der Waals surface area contributed by atoms with Crippen LogP contribution in [0.3, 0.4) is 0 Å². The van der Waals surface area contributed by atoms with E-state index in [2.05, 4.69) is 22.0 Å². The third-order valence-corrected chi connectivity index (χ3v) is 5.12. The Hall–Kier alpha value is -1.55. The predicted molar refractivity (Wildman–Crippen MR) is 104 cm³/mol. The van der Waals surface area contributed by atoms with Crippen molar-refractivity contribution in [2.24, 2.45) is 5.92 Å². The minimum absolute atomic E-state index is 0.590. The highest BCUT2D eigenvalue weighted by molar-refractivity contribution is 6.32. The summed E-state index contributed by atoms with van der Waals surface area (Å²) >= 11 is 12.3. The monoisotopic (exact) mass is 376 g/mol. The quantitative estimate of drug-likeness (QED) is 0.705. The summed E-state index contributed by atoms with van der Waals surface area (Å²) in [6.45, 7) is 2.91. The Morgan fingerprint density at radius 2 is 2.00 bits per heavy atom. The van der Waals surface area contributed by atoms with Crippen LogP contribution in [0.25, 0.3) is 6.08 Å². The Kier molecular flexibility index (Phi) is 6.35. The Labute approximate surface area is 159 Å². The normalized spacial score (nSPS) is 16.4. The van der Waals surface area contributed by atoms with Crippen molar-refractivity contribution in [1.29, 1.82) is 0 Å². The molecule has 1 fully saturated rings. The first kappa shape index (κ1) is 18.2. The van der Waals surface area contributed by atoms with Gasteiger partial charge in [0.1, 0.15) is 0 Å². The summed E-state index contributed by atoms with van der Waals surface area (Å²) in [7, 11) is 1.64. The average Bonchev–Trinajstić information content (AvgIpc) is 2.62. The van der Waals surface area contributed by atoms with E-state index in [9.17, 15) is 0 Å². The van der Waals surface area contributed by atoms with E-state index in [0.29, 0.717) is 16.8 Å². The molecule has 0 amide bonds. The molecule has 0 saturated carbocycles. The summed E-state index contributed by atoms with van der Waals surface area (Å²) in [5.41, 5.74) is 2.13. The number of pyridine rings is 1. The van der Waals surface area contributed by atoms with Gasteiger partial charge in [0.2, 0.25) is 5.88 Å². The molecule has 0 radical (unpaired) electrons. The second kappa shape index (κ2) is 8.70. The number of rotatable bonds is 5. The van der Waals surface area contributed by atoms with E-state index in [4.69, 9.17) is 27.9 Å². The maximum absolute atomic E-state index is 6.21. The minimum atomic E-state index is 0.590. The lowest BCUT2D eigenvalue weighted by Crippen LogP contribution is -2.32. The Bertz CT molecular complexity index is 740. The number of piperidine rings is 1. The molecular formula is C20H22Cl2N2O. The molecule has 132 valence electrons. The molecule has 1 saturated heterocycles. The van der Waals surface area contributed by atoms with Crippen LogP contribution in [-0.2, 0) is 6.54 Å². The van der Waals surface area contributed by atoms with Gasteiger partial charge in [0.05, 0.1) is 12.1 Å². The van der Waals surface area contributed by atoms with Gasteiger partial charge in [0, 0.05) is 23.3 Å². The summed E-state index contributed by atoms with van der Waals surface area (Å²) in [5, 5.41) is 1.45. The number of allylic oxidation sites excluding steroid dienone is 1. The third-order valence-electron chi connectivity index (χ3n) is 4.56. The number of aromatic nitrogens is 1. The molecule has 2 aromatic rings. The molecular weight excluding hydrogens is 355 g/mol. The van der Waals surface area contributed by atoms with E-state index >= 15 is 0 Å². The van der Waals surface area contributed by atoms with Crippen LogP contribution in [0.4, 0.5) is 0 Å². The van der Waals surface area contributed by atoms with Gasteiger partial charge in [-0.15, -0.1) is 0 Å². The largest absolute Gasteiger partial charge is 0.481 e. The van der Waals surface area contributed by atoms with E-state index in [1.165, 1.54) is 0 Å². The van der Waals surface area contributed by atoms with Crippen LogP contribution in [0, 0.1) is 5.92 Å². The number of nitrogens with zero attached hydrogens (tertiary/aromatic N) is 2. The molecule has 0 N–H and O–H groups in total. The summed E-state index contributed by atoms with van der Waals surface area (Å²) in [4.78, 5) is 6.67. The van der Waals surface area contributed by atoms with Crippen molar-refractivity contribution < 1.29 is 4.74 Å². The fourth-order valence-corrected chi connectivity index (χ4v) is 3.54. The third kappa shape index (κ3) is 4.97. The molecule has 0 unspecified atom stereocenters. The zero-order valence-electron chi connectivity index (χ0n) is 14.3. The molecule has 1 aliphatic heterocycles. The highest BCUT2D eigenvalue weighted by Crippen LogP contribution is 2.26. The molecule has 0 bridgehead atoms. The lowest BCUT2D eigenvalue weighted by molar-refractivity contribution is 0.193. The SMILES string of the molecule is COc1ncc(Cl)cc1CN1CCC(C=Cc2ccccc2Cl)CC1. The summed E-state index contributed by atoms with van der Waals surface area (Å²) in [6.07, 6.45) is 8.33. The standard InChI is InChI=1S/C20H22Cl2N2O/c1-25-20-17(12-18(21)13-23-20)14-24-10-8-15(9-11-24)6-7-16-4-2-3-5-19(16)22/h2-7,12-13,15H,8-11,14H2,1H3. The van der Waals surface area contributed by atoms with Crippen LogP contribution < -0.4 is 4.74 Å². The first-order chi connectivity index (χ1) is 12.2. The van der Waals surface area contributed by atoms with Crippen LogP contribution in [0.15, 0.2) is 42.6 Å². The molecule has 0 aliphatic carbocycles. The molecule has 1 aliphatic rings. The van der Waals surface area contributed by atoms with Gasteiger partial charge in [-0.25, -0.2) is 4.98 Å². The van der Waals surface area contributed by atoms with Gasteiger partial charge >= 0.3 is 0 Å². The summed E-state index contributed by atoms with van der Waals surface area (Å²) < 4.78 is 5.34. The van der Waals surface area contributed by atoms with Gasteiger partial charge in [0.25, 0.3) is 0 Å². The zero-order chi connectivity index (χ0) is 17.6. The number of hydrogen-bond acceptors (Lipinski definition) is 3. The zero-order valence-corrected chi connectivity index (χ0v) is 15.8. The van der Waals surface area contributed by atoms with Crippen molar-refractivity contribution in [3.05, 3.63) is 63.8 Å². The molecule has 1 aromatic carbocycles. The van der Waals surface area contributed by atoms with Gasteiger partial charge in [-0.1, -0.05) is 53.6 Å². The van der Waals surface area contributed by atoms with Crippen molar-refractivity contribution in [3.8, 4) is 5.88 Å². The van der Waals surface area contributed by atoms with Crippen molar-refractivity contribution in [2.75, 3.05) is 20.2 Å². The Balaban J connectivity index is 1.56. The van der Waals surface area contributed by atoms with Gasteiger partial charge < -0.3 is 4.74 Å². The summed E-state index contributed by atoms with van der Waals surface area (Å²) in [6, 6.07) is 9.89. The molecule has 1 aromatic heterocycles. The van der Waals surface area contributed by atoms with Crippen molar-refractivity contribution >= 4 is 29.3 Å². The number of likely N-dealkylation sites (tertiary alicyclic amines) is 1. The second-order valence-corrected chi connectivity index (χ2v) is 7.16. The van der Waals surface area contributed by atoms with Gasteiger partial charge in [-0.3, -0.25) is 4.90 Å². The molecule has 0 atom stereocenters. The van der Waals surface area contributed by atoms with E-state index in [0.717, 1.165) is 48.6 Å². The van der Waals surface area contributed by atoms with Gasteiger partial charge in [-0.2, -0.15) is 0 Å². The van der Waals surface area contributed by atoms with E-state index in [-0.39, 0.29) is 0 Å². The Morgan fingerprint density at radius 1 is 1.24 bits per heavy atom. The first-order valence-corrected chi connectivity index (χ1v) is 9.25. The molecule has 3 rings (SSSR count). The number of benzene rings is 1. The van der Waals surface area contributed by atoms with E-state index in [1.54, 1.807) is 13.3 Å². The minimum Gasteiger partial charge on any atom is -0.481 e. The molecule has 3 nitrogen and oxygen atoms in total. The van der Waals surface area contributed by atoms with Crippen molar-refractivity contribution in [3.63, 3.8) is 0 Å². The van der Waals surface area contributed by atoms with Crippen LogP contribution in [0.5, 0.6) is 5.88 Å². The van der Waals surface area contributed by atoms with Gasteiger partial charge in [0.15, 0.2) is 0 Å². The first-order valence-electron chi connectivity index (χ1n) is 8.49. The maximum atomic E-state index is 6.21. The number of hydrogen-bond donors (Lipinski definition) is 0. The highest BCUT2D eigenvalue weighted by atomic mass is 35.5. The lowest BCUT2D eigenvalue weighted by Gasteiger charge is -2.30. The van der Waals surface area contributed by atoms with E-state index < -0.39 is 0 Å². The maximum Gasteiger partial charge on any atom is 0.217 e. The number of halogens is 2. The fraction of sp³-hybridized carbons (Fsp3) is 0.350. The number of ether oxygens (including phenoxy) is 1. The lowest BCUT2D eigenvalue weighted by atomic mass is 9.95. The number of methoxy groups -OCH3 is 1. The van der Waals surface area contributed by atoms with Crippen LogP contribution in [-0.4, -0.2) is 30.1 Å². The van der Waals surface area contributed by atoms with Crippen LogP contribution in [0.1, 0.15) is 24.0 Å². The van der Waals surface area contributed by atoms with E-state index in [1.807, 2.05) is 30.3 Å². The topological polar surface area (TPSA) is 25.4 Å². The fourth-order valence-electron chi connectivity index (χ4n) is 3.16. The second-order valence-electron chi connectivity index (χ2n) is 6.32. The highest BCUT2D eigenvalue weighted by Gasteiger charge is 2.19. The molecule has 5 heteroatoms. The molecule has 0 spiro atoms. The summed E-state index contributed by atoms with van der Waals surface area (Å²) in [5.74, 6) is 1.25. The predicted octanol–water partition coefficient (Wildman–Crippen LogP) is 5.32. The van der Waals surface area contributed by atoms with Crippen LogP contribution >= 0.6 is 23.2 Å². The Morgan fingerprint density at radius 3 is 2.72 bits per heavy atom. The average molecular weight is 377 g/mol. The smallest absolute Gasteiger partial charge is 0.217 e. The van der Waals surface area contributed by atoms with Crippen LogP contribution in [0.2, 0.25) is 10.0 Å². The molecule has 2 heterocycles. The van der Waals surface area contributed by atoms with Crippen molar-refractivity contribution in [1.82, 2.24) is 9.88 Å². The van der Waals surface area contributed by atoms with Gasteiger partial charge in [-0.05, 0) is 49.5 Å².